The van der Waals surface area contributed by atoms with Gasteiger partial charge in [-0.25, -0.2) is 9.97 Å². The number of anilines is 1. The maximum Gasteiger partial charge on any atom is 0.275 e. The molecular formula is C26H27N5O2S3. The third-order valence-electron chi connectivity index (χ3n) is 6.26. The Kier molecular flexibility index (Phi) is 7.00. The van der Waals surface area contributed by atoms with Gasteiger partial charge in [0.25, 0.3) is 11.8 Å². The Morgan fingerprint density at radius 2 is 2.00 bits per heavy atom. The van der Waals surface area contributed by atoms with E-state index in [1.54, 1.807) is 17.3 Å². The van der Waals surface area contributed by atoms with Crippen LogP contribution in [0, 0.1) is 13.8 Å². The number of rotatable bonds is 6. The van der Waals surface area contributed by atoms with E-state index in [0.717, 1.165) is 31.5 Å². The number of benzene rings is 2. The molecule has 0 spiro atoms. The van der Waals surface area contributed by atoms with E-state index in [1.807, 2.05) is 42.1 Å². The summed E-state index contributed by atoms with van der Waals surface area (Å²) in [6, 6.07) is 11.8. The van der Waals surface area contributed by atoms with Gasteiger partial charge in [-0.2, -0.15) is 0 Å². The number of hydrogen-bond acceptors (Lipinski definition) is 8. The van der Waals surface area contributed by atoms with Gasteiger partial charge in [0.2, 0.25) is 0 Å². The zero-order valence-electron chi connectivity index (χ0n) is 20.6. The second-order valence-corrected chi connectivity index (χ2v) is 12.0. The normalized spacial score (nSPS) is 15.4. The van der Waals surface area contributed by atoms with Crippen molar-refractivity contribution in [1.29, 1.82) is 0 Å². The fraction of sp³-hybridized carbons (Fsp3) is 0.308. The molecule has 36 heavy (non-hydrogen) atoms. The zero-order valence-corrected chi connectivity index (χ0v) is 23.0. The van der Waals surface area contributed by atoms with Crippen LogP contribution in [0.1, 0.15) is 32.0 Å². The van der Waals surface area contributed by atoms with Crippen LogP contribution in [0.2, 0.25) is 0 Å². The van der Waals surface area contributed by atoms with Crippen LogP contribution in [0.15, 0.2) is 41.9 Å². The van der Waals surface area contributed by atoms with E-state index in [4.69, 9.17) is 4.98 Å². The predicted molar refractivity (Wildman–Crippen MR) is 151 cm³/mol. The molecule has 3 heterocycles. The van der Waals surface area contributed by atoms with Crippen molar-refractivity contribution in [2.45, 2.75) is 19.2 Å². The molecule has 0 bridgehead atoms. The van der Waals surface area contributed by atoms with Gasteiger partial charge in [0.05, 0.1) is 31.5 Å². The van der Waals surface area contributed by atoms with Crippen molar-refractivity contribution < 1.29 is 9.59 Å². The van der Waals surface area contributed by atoms with E-state index in [1.165, 1.54) is 33.8 Å². The molecule has 1 atom stereocenters. The van der Waals surface area contributed by atoms with Crippen LogP contribution >= 0.6 is 34.4 Å². The second-order valence-electron chi connectivity index (χ2n) is 8.91. The van der Waals surface area contributed by atoms with Crippen LogP contribution in [-0.4, -0.2) is 65.0 Å². The summed E-state index contributed by atoms with van der Waals surface area (Å²) in [6.45, 7) is 5.15. The molecule has 1 aliphatic rings. The van der Waals surface area contributed by atoms with Crippen LogP contribution in [-0.2, 0) is 0 Å². The standard InChI is InChI=1S/C26H27N5O2S3/c1-15-8-9-17(12-16(15)2)22-21(29-26(36-22)30(3)4)25(33)31-10-11-34-20(31)13-27-24(32)18-6-5-7-19-23(18)35-14-28-19/h5-9,12,14,20H,10-11,13H2,1-4H3,(H,27,32). The Balaban J connectivity index is 1.37. The first-order valence-corrected chi connectivity index (χ1v) is 14.4. The number of thioether (sulfide) groups is 1. The average Bonchev–Trinajstić information content (AvgIpc) is 3.62. The van der Waals surface area contributed by atoms with Crippen molar-refractivity contribution in [2.24, 2.45) is 0 Å². The molecule has 1 N–H and O–H groups in total. The summed E-state index contributed by atoms with van der Waals surface area (Å²) in [5.74, 6) is 0.575. The summed E-state index contributed by atoms with van der Waals surface area (Å²) in [5, 5.41) is 3.68. The largest absolute Gasteiger partial charge is 0.354 e. The molecule has 0 radical (unpaired) electrons. The minimum atomic E-state index is -0.153. The van der Waals surface area contributed by atoms with Gasteiger partial charge in [-0.1, -0.05) is 35.6 Å². The summed E-state index contributed by atoms with van der Waals surface area (Å²) in [4.78, 5) is 40.5. The molecule has 4 aromatic rings. The molecule has 2 aromatic heterocycles. The number of amides is 2. The number of aromatic nitrogens is 2. The van der Waals surface area contributed by atoms with Gasteiger partial charge in [-0.3, -0.25) is 9.59 Å². The summed E-state index contributed by atoms with van der Waals surface area (Å²) in [5.41, 5.74) is 7.05. The molecule has 10 heteroatoms. The van der Waals surface area contributed by atoms with E-state index in [0.29, 0.717) is 24.3 Å². The fourth-order valence-electron chi connectivity index (χ4n) is 4.12. The van der Waals surface area contributed by atoms with Gasteiger partial charge in [0.1, 0.15) is 5.69 Å². The van der Waals surface area contributed by atoms with Gasteiger partial charge >= 0.3 is 0 Å². The summed E-state index contributed by atoms with van der Waals surface area (Å²) in [7, 11) is 3.87. The molecule has 7 nitrogen and oxygen atoms in total. The lowest BCUT2D eigenvalue weighted by atomic mass is 10.0. The van der Waals surface area contributed by atoms with Gasteiger partial charge in [-0.05, 0) is 42.7 Å². The number of hydrogen-bond donors (Lipinski definition) is 1. The summed E-state index contributed by atoms with van der Waals surface area (Å²) < 4.78 is 0.874. The van der Waals surface area contributed by atoms with Gasteiger partial charge < -0.3 is 15.1 Å². The van der Waals surface area contributed by atoms with Crippen LogP contribution in [0.25, 0.3) is 20.7 Å². The third kappa shape index (κ3) is 4.72. The Labute approximate surface area is 222 Å². The number of aryl methyl sites for hydroxylation is 2. The SMILES string of the molecule is Cc1ccc(-c2sc(N(C)C)nc2C(=O)N2CCSC2CNC(=O)c2cccc3ncsc23)cc1C. The molecule has 2 aromatic carbocycles. The number of carbonyl (C=O) groups is 2. The summed E-state index contributed by atoms with van der Waals surface area (Å²) in [6.07, 6.45) is 0. The first-order valence-electron chi connectivity index (χ1n) is 11.6. The van der Waals surface area contributed by atoms with Crippen LogP contribution in [0.4, 0.5) is 5.13 Å². The van der Waals surface area contributed by atoms with Crippen LogP contribution in [0.5, 0.6) is 0 Å². The molecule has 1 saturated heterocycles. The van der Waals surface area contributed by atoms with E-state index >= 15 is 0 Å². The number of nitrogens with zero attached hydrogens (tertiary/aromatic N) is 4. The van der Waals surface area contributed by atoms with Crippen molar-refractivity contribution >= 4 is 61.6 Å². The van der Waals surface area contributed by atoms with Gasteiger partial charge in [0, 0.05) is 32.9 Å². The van der Waals surface area contributed by atoms with Gasteiger partial charge in [0.15, 0.2) is 5.13 Å². The van der Waals surface area contributed by atoms with Crippen molar-refractivity contribution in [2.75, 3.05) is 37.8 Å². The Hall–Kier alpha value is -2.95. The van der Waals surface area contributed by atoms with Crippen LogP contribution < -0.4 is 10.2 Å². The molecule has 1 aliphatic heterocycles. The lowest BCUT2D eigenvalue weighted by molar-refractivity contribution is 0.0747. The highest BCUT2D eigenvalue weighted by molar-refractivity contribution is 8.00. The van der Waals surface area contributed by atoms with E-state index < -0.39 is 0 Å². The maximum atomic E-state index is 13.8. The number of fused-ring (bicyclic) bond motifs is 1. The van der Waals surface area contributed by atoms with Crippen LogP contribution in [0.3, 0.4) is 0 Å². The predicted octanol–water partition coefficient (Wildman–Crippen LogP) is 5.05. The zero-order chi connectivity index (χ0) is 25.4. The monoisotopic (exact) mass is 537 g/mol. The second kappa shape index (κ2) is 10.2. The van der Waals surface area contributed by atoms with Crippen molar-refractivity contribution in [3.05, 3.63) is 64.3 Å². The van der Waals surface area contributed by atoms with Crippen molar-refractivity contribution in [3.63, 3.8) is 0 Å². The highest BCUT2D eigenvalue weighted by Crippen LogP contribution is 2.37. The first kappa shape index (κ1) is 24.7. The minimum Gasteiger partial charge on any atom is -0.354 e. The van der Waals surface area contributed by atoms with Crippen molar-refractivity contribution in [1.82, 2.24) is 20.2 Å². The number of carbonyl (C=O) groups excluding carboxylic acids is 2. The van der Waals surface area contributed by atoms with E-state index in [-0.39, 0.29) is 17.2 Å². The van der Waals surface area contributed by atoms with Gasteiger partial charge in [-0.15, -0.1) is 23.1 Å². The minimum absolute atomic E-state index is 0.0959. The molecule has 186 valence electrons. The van der Waals surface area contributed by atoms with E-state index in [9.17, 15) is 9.59 Å². The lowest BCUT2D eigenvalue weighted by Crippen LogP contribution is -2.42. The Morgan fingerprint density at radius 3 is 2.78 bits per heavy atom. The molecule has 0 aliphatic carbocycles. The quantitative estimate of drug-likeness (QED) is 0.371. The summed E-state index contributed by atoms with van der Waals surface area (Å²) >= 11 is 4.66. The molecular weight excluding hydrogens is 511 g/mol. The topological polar surface area (TPSA) is 78.4 Å². The Bertz CT molecular complexity index is 1440. The van der Waals surface area contributed by atoms with Crippen molar-refractivity contribution in [3.8, 4) is 10.4 Å². The average molecular weight is 538 g/mol. The van der Waals surface area contributed by atoms with E-state index in [2.05, 4.69) is 42.3 Å². The molecule has 1 fully saturated rings. The highest BCUT2D eigenvalue weighted by Gasteiger charge is 2.34. The fourth-order valence-corrected chi connectivity index (χ4v) is 7.06. The highest BCUT2D eigenvalue weighted by atomic mass is 32.2. The first-order chi connectivity index (χ1) is 17.3. The number of thiazole rings is 2. The molecule has 0 saturated carbocycles. The number of nitrogens with one attached hydrogen (secondary N) is 1. The molecule has 2 amide bonds. The Morgan fingerprint density at radius 1 is 1.17 bits per heavy atom. The third-order valence-corrected chi connectivity index (χ3v) is 9.63. The molecule has 5 rings (SSSR count). The maximum absolute atomic E-state index is 13.8. The smallest absolute Gasteiger partial charge is 0.275 e. The lowest BCUT2D eigenvalue weighted by Gasteiger charge is -2.24. The molecule has 1 unspecified atom stereocenters.